The molecule has 0 radical (unpaired) electrons. The van der Waals surface area contributed by atoms with Gasteiger partial charge in [-0.05, 0) is 37.8 Å². The van der Waals surface area contributed by atoms with E-state index in [4.69, 9.17) is 5.73 Å². The third-order valence-electron chi connectivity index (χ3n) is 4.04. The maximum absolute atomic E-state index is 12.4. The van der Waals surface area contributed by atoms with Gasteiger partial charge in [0, 0.05) is 37.4 Å². The molecule has 0 atom stereocenters. The number of nitrogens with zero attached hydrogens (tertiary/aromatic N) is 2. The normalized spacial score (nSPS) is 23.9. The quantitative estimate of drug-likeness (QED) is 0.884. The summed E-state index contributed by atoms with van der Waals surface area (Å²) in [7, 11) is -1.53. The molecular weight excluding hydrogens is 274 g/mol. The van der Waals surface area contributed by atoms with Crippen LogP contribution in [0.5, 0.6) is 0 Å². The molecule has 2 N–H and O–H groups in total. The number of aryl methyl sites for hydroxylation is 1. The summed E-state index contributed by atoms with van der Waals surface area (Å²) in [5, 5.41) is 0. The van der Waals surface area contributed by atoms with Crippen LogP contribution in [0.3, 0.4) is 0 Å². The maximum Gasteiger partial charge on any atom is 0.214 e. The lowest BCUT2D eigenvalue weighted by Gasteiger charge is -2.32. The number of aromatic nitrogens is 1. The lowest BCUT2D eigenvalue weighted by molar-refractivity contribution is 0.268. The van der Waals surface area contributed by atoms with Crippen molar-refractivity contribution in [2.24, 2.45) is 5.73 Å². The Morgan fingerprint density at radius 1 is 1.30 bits per heavy atom. The van der Waals surface area contributed by atoms with E-state index in [1.165, 1.54) is 0 Å². The van der Waals surface area contributed by atoms with Crippen LogP contribution < -0.4 is 5.73 Å². The predicted molar refractivity (Wildman–Crippen MR) is 79.7 cm³/mol. The standard InChI is InChI=1S/C14H23N3O2S/c1-17(14-7-5-12(15)6-8-14)20(18,19)11-9-13-4-2-3-10-16-13/h2-4,10,12,14H,5-9,11,15H2,1H3. The van der Waals surface area contributed by atoms with E-state index < -0.39 is 10.0 Å². The zero-order valence-corrected chi connectivity index (χ0v) is 12.7. The van der Waals surface area contributed by atoms with Crippen molar-refractivity contribution >= 4 is 10.0 Å². The summed E-state index contributed by atoms with van der Waals surface area (Å²) >= 11 is 0. The minimum Gasteiger partial charge on any atom is -0.328 e. The summed E-state index contributed by atoms with van der Waals surface area (Å²) in [6.45, 7) is 0. The molecule has 1 aliphatic carbocycles. The molecule has 0 amide bonds. The first-order chi connectivity index (χ1) is 9.49. The van der Waals surface area contributed by atoms with Gasteiger partial charge < -0.3 is 5.73 Å². The van der Waals surface area contributed by atoms with Gasteiger partial charge >= 0.3 is 0 Å². The van der Waals surface area contributed by atoms with Crippen LogP contribution in [0.25, 0.3) is 0 Å². The summed E-state index contributed by atoms with van der Waals surface area (Å²) in [6.07, 6.45) is 5.68. The molecule has 6 heteroatoms. The molecule has 0 unspecified atom stereocenters. The third-order valence-corrected chi connectivity index (χ3v) is 5.93. The van der Waals surface area contributed by atoms with Gasteiger partial charge in [0.15, 0.2) is 0 Å². The van der Waals surface area contributed by atoms with E-state index in [2.05, 4.69) is 4.98 Å². The second-order valence-electron chi connectivity index (χ2n) is 5.47. The van der Waals surface area contributed by atoms with Crippen molar-refractivity contribution in [1.29, 1.82) is 0 Å². The summed E-state index contributed by atoms with van der Waals surface area (Å²) in [5.74, 6) is 0.114. The Morgan fingerprint density at radius 3 is 2.60 bits per heavy atom. The summed E-state index contributed by atoms with van der Waals surface area (Å²) in [5.41, 5.74) is 6.68. The molecule has 112 valence electrons. The fraction of sp³-hybridized carbons (Fsp3) is 0.643. The molecule has 0 saturated heterocycles. The van der Waals surface area contributed by atoms with Crippen LogP contribution in [0, 0.1) is 0 Å². The SMILES string of the molecule is CN(C1CCC(N)CC1)S(=O)(=O)CCc1ccccn1. The van der Waals surface area contributed by atoms with Crippen molar-refractivity contribution < 1.29 is 8.42 Å². The Morgan fingerprint density at radius 2 is 2.00 bits per heavy atom. The molecule has 2 rings (SSSR count). The van der Waals surface area contributed by atoms with Crippen molar-refractivity contribution in [3.63, 3.8) is 0 Å². The average molecular weight is 297 g/mol. The summed E-state index contributed by atoms with van der Waals surface area (Å²) in [6, 6.07) is 5.89. The number of pyridine rings is 1. The average Bonchev–Trinajstić information content (AvgIpc) is 2.46. The van der Waals surface area contributed by atoms with E-state index in [9.17, 15) is 8.42 Å². The van der Waals surface area contributed by atoms with Crippen molar-refractivity contribution in [3.8, 4) is 0 Å². The first-order valence-corrected chi connectivity index (χ1v) is 8.71. The molecule has 0 aliphatic heterocycles. The van der Waals surface area contributed by atoms with Crippen molar-refractivity contribution in [3.05, 3.63) is 30.1 Å². The predicted octanol–water partition coefficient (Wildman–Crippen LogP) is 1.16. The Balaban J connectivity index is 1.92. The van der Waals surface area contributed by atoms with Crippen molar-refractivity contribution in [2.75, 3.05) is 12.8 Å². The maximum atomic E-state index is 12.4. The molecule has 5 nitrogen and oxygen atoms in total. The van der Waals surface area contributed by atoms with E-state index >= 15 is 0 Å². The molecule has 1 aliphatic rings. The highest BCUT2D eigenvalue weighted by atomic mass is 32.2. The number of rotatable bonds is 5. The van der Waals surface area contributed by atoms with Crippen molar-refractivity contribution in [2.45, 2.75) is 44.2 Å². The topological polar surface area (TPSA) is 76.3 Å². The summed E-state index contributed by atoms with van der Waals surface area (Å²) < 4.78 is 26.2. The summed E-state index contributed by atoms with van der Waals surface area (Å²) in [4.78, 5) is 4.16. The van der Waals surface area contributed by atoms with E-state index in [1.54, 1.807) is 17.5 Å². The fourth-order valence-corrected chi connectivity index (χ4v) is 4.04. The van der Waals surface area contributed by atoms with Crippen LogP contribution in [-0.4, -0.2) is 42.6 Å². The van der Waals surface area contributed by atoms with Gasteiger partial charge in [-0.15, -0.1) is 0 Å². The third kappa shape index (κ3) is 4.01. The zero-order valence-electron chi connectivity index (χ0n) is 11.9. The molecule has 20 heavy (non-hydrogen) atoms. The van der Waals surface area contributed by atoms with Crippen LogP contribution in [0.15, 0.2) is 24.4 Å². The minimum atomic E-state index is -3.22. The minimum absolute atomic E-state index is 0.100. The van der Waals surface area contributed by atoms with Gasteiger partial charge in [-0.25, -0.2) is 12.7 Å². The van der Waals surface area contributed by atoms with Crippen LogP contribution in [0.2, 0.25) is 0 Å². The van der Waals surface area contributed by atoms with Gasteiger partial charge in [0.2, 0.25) is 10.0 Å². The van der Waals surface area contributed by atoms with E-state index in [1.807, 2.05) is 18.2 Å². The Hall–Kier alpha value is -0.980. The van der Waals surface area contributed by atoms with Crippen molar-refractivity contribution in [1.82, 2.24) is 9.29 Å². The molecule has 1 saturated carbocycles. The number of nitrogens with two attached hydrogens (primary N) is 1. The van der Waals surface area contributed by atoms with E-state index in [-0.39, 0.29) is 17.8 Å². The smallest absolute Gasteiger partial charge is 0.214 e. The van der Waals surface area contributed by atoms with Gasteiger partial charge in [0.05, 0.1) is 5.75 Å². The lowest BCUT2D eigenvalue weighted by atomic mass is 9.92. The molecule has 0 bridgehead atoms. The van der Waals surface area contributed by atoms with Crippen LogP contribution in [-0.2, 0) is 16.4 Å². The highest BCUT2D eigenvalue weighted by Crippen LogP contribution is 2.23. The van der Waals surface area contributed by atoms with Gasteiger partial charge in [-0.2, -0.15) is 0 Å². The van der Waals surface area contributed by atoms with E-state index in [0.717, 1.165) is 31.4 Å². The first kappa shape index (κ1) is 15.4. The van der Waals surface area contributed by atoms with Gasteiger partial charge in [0.1, 0.15) is 0 Å². The number of hydrogen-bond acceptors (Lipinski definition) is 4. The lowest BCUT2D eigenvalue weighted by Crippen LogP contribution is -2.42. The van der Waals surface area contributed by atoms with Crippen LogP contribution in [0.4, 0.5) is 0 Å². The van der Waals surface area contributed by atoms with Gasteiger partial charge in [-0.3, -0.25) is 4.98 Å². The van der Waals surface area contributed by atoms with Gasteiger partial charge in [0.25, 0.3) is 0 Å². The second kappa shape index (κ2) is 6.65. The molecule has 0 spiro atoms. The Kier molecular flexibility index (Phi) is 5.12. The first-order valence-electron chi connectivity index (χ1n) is 7.10. The van der Waals surface area contributed by atoms with Crippen LogP contribution >= 0.6 is 0 Å². The molecular formula is C14H23N3O2S. The van der Waals surface area contributed by atoms with E-state index in [0.29, 0.717) is 6.42 Å². The number of sulfonamides is 1. The van der Waals surface area contributed by atoms with Gasteiger partial charge in [-0.1, -0.05) is 6.07 Å². The molecule has 1 aromatic rings. The largest absolute Gasteiger partial charge is 0.328 e. The molecule has 0 aromatic carbocycles. The van der Waals surface area contributed by atoms with Crippen LogP contribution in [0.1, 0.15) is 31.4 Å². The second-order valence-corrected chi connectivity index (χ2v) is 7.62. The Bertz CT molecular complexity index is 510. The highest BCUT2D eigenvalue weighted by Gasteiger charge is 2.29. The monoisotopic (exact) mass is 297 g/mol. The highest BCUT2D eigenvalue weighted by molar-refractivity contribution is 7.89. The molecule has 1 aromatic heterocycles. The molecule has 1 fully saturated rings. The number of hydrogen-bond donors (Lipinski definition) is 1. The fourth-order valence-electron chi connectivity index (χ4n) is 2.62. The Labute approximate surface area is 121 Å². The molecule has 1 heterocycles. The zero-order chi connectivity index (χ0) is 14.6.